The van der Waals surface area contributed by atoms with Gasteiger partial charge in [-0.25, -0.2) is 0 Å². The molecule has 0 aromatic heterocycles. The summed E-state index contributed by atoms with van der Waals surface area (Å²) in [7, 11) is 0. The van der Waals surface area contributed by atoms with Crippen LogP contribution in [0.15, 0.2) is 0 Å². The highest BCUT2D eigenvalue weighted by molar-refractivity contribution is 6.57. The zero-order valence-electron chi connectivity index (χ0n) is 14.8. The molecule has 1 fully saturated rings. The molecule has 0 aromatic carbocycles. The second kappa shape index (κ2) is 9.50. The standard InChI is InChI=1S/C17H35BN2O/c1-6-8-9-12-19-16(14(3)7-2)17(21)20-13-10-11-15(20)18(4)5/h14-16,19H,6-13H2,1-5H3. The monoisotopic (exact) mass is 294 g/mol. The van der Waals surface area contributed by atoms with Gasteiger partial charge in [-0.15, -0.1) is 0 Å². The fraction of sp³-hybridized carbons (Fsp3) is 0.941. The van der Waals surface area contributed by atoms with Crippen LogP contribution in [-0.2, 0) is 4.79 Å². The van der Waals surface area contributed by atoms with E-state index in [4.69, 9.17) is 0 Å². The Labute approximate surface area is 132 Å². The van der Waals surface area contributed by atoms with Crippen LogP contribution >= 0.6 is 0 Å². The SMILES string of the molecule is CCCCCNC(C(=O)N1CCCC1B(C)C)C(C)CC. The Bertz CT molecular complexity index is 309. The molecule has 0 saturated carbocycles. The maximum absolute atomic E-state index is 13.0. The second-order valence-corrected chi connectivity index (χ2v) is 7.01. The molecule has 21 heavy (non-hydrogen) atoms. The predicted molar refractivity (Wildman–Crippen MR) is 93.0 cm³/mol. The van der Waals surface area contributed by atoms with Crippen LogP contribution in [0.3, 0.4) is 0 Å². The van der Waals surface area contributed by atoms with Gasteiger partial charge in [-0.2, -0.15) is 0 Å². The summed E-state index contributed by atoms with van der Waals surface area (Å²) in [6.07, 6.45) is 7.03. The smallest absolute Gasteiger partial charge is 0.239 e. The summed E-state index contributed by atoms with van der Waals surface area (Å²) in [5, 5.41) is 3.55. The van der Waals surface area contributed by atoms with E-state index in [2.05, 4.69) is 44.6 Å². The van der Waals surface area contributed by atoms with E-state index in [1.807, 2.05) is 0 Å². The number of carbonyl (C=O) groups is 1. The summed E-state index contributed by atoms with van der Waals surface area (Å²) in [4.78, 5) is 15.1. The Kier molecular flexibility index (Phi) is 8.39. The van der Waals surface area contributed by atoms with E-state index in [1.165, 1.54) is 25.7 Å². The molecule has 1 aliphatic rings. The Hall–Kier alpha value is -0.505. The molecular formula is C17H35BN2O. The molecule has 3 unspecified atom stereocenters. The highest BCUT2D eigenvalue weighted by Crippen LogP contribution is 2.22. The van der Waals surface area contributed by atoms with Crippen LogP contribution in [0, 0.1) is 5.92 Å². The first-order chi connectivity index (χ1) is 10.0. The van der Waals surface area contributed by atoms with E-state index in [-0.39, 0.29) is 6.04 Å². The molecule has 1 amide bonds. The van der Waals surface area contributed by atoms with Gasteiger partial charge in [0.15, 0.2) is 6.71 Å². The van der Waals surface area contributed by atoms with Gasteiger partial charge in [-0.05, 0) is 31.7 Å². The fourth-order valence-corrected chi connectivity index (χ4v) is 3.34. The first-order valence-corrected chi connectivity index (χ1v) is 9.06. The minimum Gasteiger partial charge on any atom is -0.346 e. The van der Waals surface area contributed by atoms with E-state index in [0.717, 1.165) is 25.9 Å². The zero-order valence-corrected chi connectivity index (χ0v) is 14.8. The summed E-state index contributed by atoms with van der Waals surface area (Å²) < 4.78 is 0. The predicted octanol–water partition coefficient (Wildman–Crippen LogP) is 3.47. The van der Waals surface area contributed by atoms with Crippen LogP contribution in [-0.4, -0.2) is 42.6 Å². The van der Waals surface area contributed by atoms with Crippen LogP contribution in [0.1, 0.15) is 59.3 Å². The minimum absolute atomic E-state index is 0.00575. The van der Waals surface area contributed by atoms with Crippen molar-refractivity contribution in [1.29, 1.82) is 0 Å². The third-order valence-corrected chi connectivity index (χ3v) is 4.98. The van der Waals surface area contributed by atoms with Crippen LogP contribution in [0.5, 0.6) is 0 Å². The van der Waals surface area contributed by atoms with Gasteiger partial charge >= 0.3 is 0 Å². The van der Waals surface area contributed by atoms with Crippen molar-refractivity contribution in [2.24, 2.45) is 5.92 Å². The van der Waals surface area contributed by atoms with Crippen molar-refractivity contribution in [3.05, 3.63) is 0 Å². The molecule has 0 bridgehead atoms. The van der Waals surface area contributed by atoms with E-state index >= 15 is 0 Å². The van der Waals surface area contributed by atoms with Gasteiger partial charge in [0.1, 0.15) is 0 Å². The molecule has 0 aromatic rings. The number of amides is 1. The first kappa shape index (κ1) is 18.5. The fourth-order valence-electron chi connectivity index (χ4n) is 3.34. The average Bonchev–Trinajstić information content (AvgIpc) is 2.95. The number of unbranched alkanes of at least 4 members (excludes halogenated alkanes) is 2. The molecule has 1 heterocycles. The molecule has 1 saturated heterocycles. The van der Waals surface area contributed by atoms with Crippen molar-refractivity contribution in [2.45, 2.75) is 84.9 Å². The molecular weight excluding hydrogens is 259 g/mol. The average molecular weight is 294 g/mol. The highest BCUT2D eigenvalue weighted by Gasteiger charge is 2.36. The van der Waals surface area contributed by atoms with Crippen LogP contribution in [0.2, 0.25) is 13.6 Å². The normalized spacial score (nSPS) is 21.4. The van der Waals surface area contributed by atoms with Gasteiger partial charge < -0.3 is 10.2 Å². The summed E-state index contributed by atoms with van der Waals surface area (Å²) in [5.74, 6) is 1.20. The quantitative estimate of drug-likeness (QED) is 0.521. The van der Waals surface area contributed by atoms with E-state index in [0.29, 0.717) is 24.5 Å². The lowest BCUT2D eigenvalue weighted by molar-refractivity contribution is -0.134. The first-order valence-electron chi connectivity index (χ1n) is 9.06. The summed E-state index contributed by atoms with van der Waals surface area (Å²) >= 11 is 0. The summed E-state index contributed by atoms with van der Waals surface area (Å²) in [6.45, 7) is 13.6. The number of likely N-dealkylation sites (tertiary alicyclic amines) is 1. The number of rotatable bonds is 9. The number of carbonyl (C=O) groups excluding carboxylic acids is 1. The maximum Gasteiger partial charge on any atom is 0.239 e. The maximum atomic E-state index is 13.0. The lowest BCUT2D eigenvalue weighted by Gasteiger charge is -2.33. The summed E-state index contributed by atoms with van der Waals surface area (Å²) in [5.41, 5.74) is 0. The highest BCUT2D eigenvalue weighted by atomic mass is 16.2. The van der Waals surface area contributed by atoms with Gasteiger partial charge in [-0.1, -0.05) is 53.7 Å². The lowest BCUT2D eigenvalue weighted by atomic mass is 9.47. The van der Waals surface area contributed by atoms with Crippen molar-refractivity contribution < 1.29 is 4.79 Å². The van der Waals surface area contributed by atoms with Crippen molar-refractivity contribution in [3.63, 3.8) is 0 Å². The second-order valence-electron chi connectivity index (χ2n) is 7.01. The minimum atomic E-state index is 0.00575. The molecule has 3 atom stereocenters. The van der Waals surface area contributed by atoms with Crippen molar-refractivity contribution >= 4 is 12.6 Å². The summed E-state index contributed by atoms with van der Waals surface area (Å²) in [6, 6.07) is 0.00575. The Morgan fingerprint density at radius 2 is 2.05 bits per heavy atom. The number of hydrogen-bond donors (Lipinski definition) is 1. The van der Waals surface area contributed by atoms with Crippen molar-refractivity contribution in [3.8, 4) is 0 Å². The number of nitrogens with one attached hydrogen (secondary N) is 1. The molecule has 0 aliphatic carbocycles. The van der Waals surface area contributed by atoms with Crippen molar-refractivity contribution in [2.75, 3.05) is 13.1 Å². The lowest BCUT2D eigenvalue weighted by Crippen LogP contribution is -2.53. The van der Waals surface area contributed by atoms with Gasteiger partial charge in [0.2, 0.25) is 5.91 Å². The molecule has 1 N–H and O–H groups in total. The van der Waals surface area contributed by atoms with Crippen LogP contribution < -0.4 is 5.32 Å². The zero-order chi connectivity index (χ0) is 15.8. The van der Waals surface area contributed by atoms with E-state index in [9.17, 15) is 4.79 Å². The topological polar surface area (TPSA) is 32.3 Å². The van der Waals surface area contributed by atoms with Gasteiger partial charge in [0.05, 0.1) is 6.04 Å². The Morgan fingerprint density at radius 1 is 1.33 bits per heavy atom. The van der Waals surface area contributed by atoms with E-state index in [1.54, 1.807) is 0 Å². The molecule has 1 rings (SSSR count). The number of nitrogens with zero attached hydrogens (tertiary/aromatic N) is 1. The van der Waals surface area contributed by atoms with Crippen LogP contribution in [0.4, 0.5) is 0 Å². The largest absolute Gasteiger partial charge is 0.346 e. The van der Waals surface area contributed by atoms with E-state index < -0.39 is 0 Å². The Balaban J connectivity index is 2.65. The third kappa shape index (κ3) is 5.32. The molecule has 4 heteroatoms. The molecule has 0 spiro atoms. The molecule has 3 nitrogen and oxygen atoms in total. The molecule has 0 radical (unpaired) electrons. The number of hydrogen-bond acceptors (Lipinski definition) is 2. The third-order valence-electron chi connectivity index (χ3n) is 4.98. The Morgan fingerprint density at radius 3 is 2.62 bits per heavy atom. The van der Waals surface area contributed by atoms with Gasteiger partial charge in [0, 0.05) is 12.5 Å². The van der Waals surface area contributed by atoms with Crippen LogP contribution in [0.25, 0.3) is 0 Å². The molecule has 122 valence electrons. The van der Waals surface area contributed by atoms with Gasteiger partial charge in [-0.3, -0.25) is 4.79 Å². The van der Waals surface area contributed by atoms with Gasteiger partial charge in [0.25, 0.3) is 0 Å². The van der Waals surface area contributed by atoms with Crippen molar-refractivity contribution in [1.82, 2.24) is 10.2 Å². The molecule has 1 aliphatic heterocycles.